The first-order chi connectivity index (χ1) is 10.1. The number of aromatic nitrogens is 1. The van der Waals surface area contributed by atoms with Crippen molar-refractivity contribution in [3.63, 3.8) is 0 Å². The number of pyridine rings is 1. The van der Waals surface area contributed by atoms with Crippen molar-refractivity contribution >= 4 is 34.1 Å². The van der Waals surface area contributed by atoms with Crippen LogP contribution in [0.4, 0.5) is 0 Å². The summed E-state index contributed by atoms with van der Waals surface area (Å²) in [5, 5.41) is 12.4. The lowest BCUT2D eigenvalue weighted by atomic mass is 10.0. The molecule has 0 aliphatic carbocycles. The van der Waals surface area contributed by atoms with E-state index in [4.69, 9.17) is 23.2 Å². The molecule has 2 aromatic carbocycles. The Morgan fingerprint density at radius 1 is 0.952 bits per heavy atom. The van der Waals surface area contributed by atoms with Gasteiger partial charge in [-0.3, -0.25) is 4.98 Å². The minimum absolute atomic E-state index is 0.380. The van der Waals surface area contributed by atoms with Gasteiger partial charge < -0.3 is 5.11 Å². The highest BCUT2D eigenvalue weighted by Crippen LogP contribution is 2.29. The van der Waals surface area contributed by atoms with Gasteiger partial charge in [0.1, 0.15) is 6.10 Å². The zero-order valence-corrected chi connectivity index (χ0v) is 12.6. The molecule has 0 bridgehead atoms. The van der Waals surface area contributed by atoms with Crippen LogP contribution >= 0.6 is 23.2 Å². The first kappa shape index (κ1) is 14.3. The van der Waals surface area contributed by atoms with E-state index < -0.39 is 6.10 Å². The van der Waals surface area contributed by atoms with Gasteiger partial charge in [0, 0.05) is 11.8 Å². The molecule has 0 aliphatic rings. The Morgan fingerprint density at radius 2 is 1.76 bits per heavy atom. The number of halogens is 2. The van der Waals surface area contributed by atoms with Gasteiger partial charge in [-0.1, -0.05) is 59.6 Å². The lowest BCUT2D eigenvalue weighted by Gasteiger charge is -2.12. The zero-order chi connectivity index (χ0) is 14.8. The molecule has 1 atom stereocenters. The maximum atomic E-state index is 10.4. The second kappa shape index (κ2) is 6.02. The summed E-state index contributed by atoms with van der Waals surface area (Å²) in [5.74, 6) is 0. The number of aliphatic hydroxyl groups excluding tert-OH is 1. The topological polar surface area (TPSA) is 33.1 Å². The molecule has 2 nitrogen and oxygen atoms in total. The van der Waals surface area contributed by atoms with E-state index in [0.717, 1.165) is 16.5 Å². The van der Waals surface area contributed by atoms with Crippen LogP contribution < -0.4 is 0 Å². The minimum atomic E-state index is -0.717. The van der Waals surface area contributed by atoms with Gasteiger partial charge in [0.25, 0.3) is 0 Å². The standard InChI is InChI=1S/C17H13Cl2NO/c18-13-6-3-5-12(17(13)19)10-16(21)15-9-8-11-4-1-2-7-14(11)20-15/h1-9,16,21H,10H2. The summed E-state index contributed by atoms with van der Waals surface area (Å²) in [6, 6.07) is 17.0. The van der Waals surface area contributed by atoms with Gasteiger partial charge in [-0.2, -0.15) is 0 Å². The van der Waals surface area contributed by atoms with Crippen LogP contribution in [0.3, 0.4) is 0 Å². The van der Waals surface area contributed by atoms with Gasteiger partial charge in [-0.25, -0.2) is 0 Å². The van der Waals surface area contributed by atoms with E-state index in [1.54, 1.807) is 6.07 Å². The molecule has 106 valence electrons. The number of nitrogens with zero attached hydrogens (tertiary/aromatic N) is 1. The largest absolute Gasteiger partial charge is 0.386 e. The highest BCUT2D eigenvalue weighted by molar-refractivity contribution is 6.42. The van der Waals surface area contributed by atoms with Gasteiger partial charge in [-0.15, -0.1) is 0 Å². The first-order valence-electron chi connectivity index (χ1n) is 6.62. The summed E-state index contributed by atoms with van der Waals surface area (Å²) in [7, 11) is 0. The fourth-order valence-corrected chi connectivity index (χ4v) is 2.68. The summed E-state index contributed by atoms with van der Waals surface area (Å²) in [6.45, 7) is 0. The Labute approximate surface area is 133 Å². The quantitative estimate of drug-likeness (QED) is 0.751. The fraction of sp³-hybridized carbons (Fsp3) is 0.118. The molecule has 0 fully saturated rings. The second-order valence-corrected chi connectivity index (χ2v) is 5.65. The molecule has 3 rings (SSSR count). The van der Waals surface area contributed by atoms with E-state index in [9.17, 15) is 5.11 Å². The predicted molar refractivity (Wildman–Crippen MR) is 86.9 cm³/mol. The Bertz CT molecular complexity index is 789. The van der Waals surface area contributed by atoms with E-state index in [1.165, 1.54) is 0 Å². The predicted octanol–water partition coefficient (Wildman–Crippen LogP) is 4.82. The van der Waals surface area contributed by atoms with E-state index in [1.807, 2.05) is 48.5 Å². The van der Waals surface area contributed by atoms with E-state index in [0.29, 0.717) is 22.2 Å². The van der Waals surface area contributed by atoms with Crippen molar-refractivity contribution in [3.05, 3.63) is 75.9 Å². The van der Waals surface area contributed by atoms with Crippen molar-refractivity contribution in [2.24, 2.45) is 0 Å². The lowest BCUT2D eigenvalue weighted by molar-refractivity contribution is 0.174. The summed E-state index contributed by atoms with van der Waals surface area (Å²) < 4.78 is 0. The smallest absolute Gasteiger partial charge is 0.100 e. The van der Waals surface area contributed by atoms with Crippen molar-refractivity contribution in [1.82, 2.24) is 4.98 Å². The van der Waals surface area contributed by atoms with Crippen LogP contribution in [0.2, 0.25) is 10.0 Å². The summed E-state index contributed by atoms with van der Waals surface area (Å²) in [5.41, 5.74) is 2.31. The number of fused-ring (bicyclic) bond motifs is 1. The van der Waals surface area contributed by atoms with Crippen LogP contribution in [0.5, 0.6) is 0 Å². The Hall–Kier alpha value is -1.61. The van der Waals surface area contributed by atoms with Crippen molar-refractivity contribution in [2.45, 2.75) is 12.5 Å². The van der Waals surface area contributed by atoms with Gasteiger partial charge in [0.05, 0.1) is 21.3 Å². The molecule has 1 heterocycles. The SMILES string of the molecule is OC(Cc1cccc(Cl)c1Cl)c1ccc2ccccc2n1. The minimum Gasteiger partial charge on any atom is -0.386 e. The molecule has 0 saturated carbocycles. The van der Waals surface area contributed by atoms with Gasteiger partial charge in [-0.05, 0) is 23.8 Å². The average molecular weight is 318 g/mol. The molecule has 4 heteroatoms. The molecule has 21 heavy (non-hydrogen) atoms. The van der Waals surface area contributed by atoms with Crippen LogP contribution in [0.15, 0.2) is 54.6 Å². The van der Waals surface area contributed by atoms with E-state index in [2.05, 4.69) is 4.98 Å². The Kier molecular flexibility index (Phi) is 4.11. The number of rotatable bonds is 3. The maximum Gasteiger partial charge on any atom is 0.100 e. The molecule has 0 radical (unpaired) electrons. The van der Waals surface area contributed by atoms with Gasteiger partial charge in [0.2, 0.25) is 0 Å². The molecule has 1 aromatic heterocycles. The molecule has 3 aromatic rings. The summed E-state index contributed by atoms with van der Waals surface area (Å²) in [6.07, 6.45) is -0.337. The van der Waals surface area contributed by atoms with Gasteiger partial charge in [0.15, 0.2) is 0 Å². The number of hydrogen-bond acceptors (Lipinski definition) is 2. The molecule has 0 aliphatic heterocycles. The third kappa shape index (κ3) is 3.03. The summed E-state index contributed by atoms with van der Waals surface area (Å²) in [4.78, 5) is 4.50. The lowest BCUT2D eigenvalue weighted by Crippen LogP contribution is -2.04. The van der Waals surface area contributed by atoms with E-state index in [-0.39, 0.29) is 0 Å². The number of hydrogen-bond donors (Lipinski definition) is 1. The van der Waals surface area contributed by atoms with E-state index >= 15 is 0 Å². The molecular weight excluding hydrogens is 305 g/mol. The summed E-state index contributed by atoms with van der Waals surface area (Å²) >= 11 is 12.1. The van der Waals surface area contributed by atoms with Crippen molar-refractivity contribution in [1.29, 1.82) is 0 Å². The van der Waals surface area contributed by atoms with Gasteiger partial charge >= 0.3 is 0 Å². The first-order valence-corrected chi connectivity index (χ1v) is 7.37. The highest BCUT2D eigenvalue weighted by Gasteiger charge is 2.14. The number of aliphatic hydroxyl groups is 1. The maximum absolute atomic E-state index is 10.4. The highest BCUT2D eigenvalue weighted by atomic mass is 35.5. The number of para-hydroxylation sites is 1. The average Bonchev–Trinajstić information content (AvgIpc) is 2.51. The third-order valence-corrected chi connectivity index (χ3v) is 4.26. The fourth-order valence-electron chi connectivity index (χ4n) is 2.29. The molecule has 1 N–H and O–H groups in total. The molecular formula is C17H13Cl2NO. The zero-order valence-electron chi connectivity index (χ0n) is 11.1. The Morgan fingerprint density at radius 3 is 2.62 bits per heavy atom. The monoisotopic (exact) mass is 317 g/mol. The second-order valence-electron chi connectivity index (χ2n) is 4.86. The molecule has 0 amide bonds. The van der Waals surface area contributed by atoms with Crippen LogP contribution in [0, 0.1) is 0 Å². The van der Waals surface area contributed by atoms with Crippen LogP contribution in [0.1, 0.15) is 17.4 Å². The van der Waals surface area contributed by atoms with Crippen LogP contribution in [-0.2, 0) is 6.42 Å². The van der Waals surface area contributed by atoms with Crippen LogP contribution in [0.25, 0.3) is 10.9 Å². The number of benzene rings is 2. The third-order valence-electron chi connectivity index (χ3n) is 3.41. The van der Waals surface area contributed by atoms with Crippen molar-refractivity contribution < 1.29 is 5.11 Å². The molecule has 0 spiro atoms. The molecule has 1 unspecified atom stereocenters. The van der Waals surface area contributed by atoms with Crippen molar-refractivity contribution in [2.75, 3.05) is 0 Å². The van der Waals surface area contributed by atoms with Crippen molar-refractivity contribution in [3.8, 4) is 0 Å². The Balaban J connectivity index is 1.89. The van der Waals surface area contributed by atoms with Crippen LogP contribution in [-0.4, -0.2) is 10.1 Å². The molecule has 0 saturated heterocycles. The normalized spacial score (nSPS) is 12.5.